The second kappa shape index (κ2) is 7.92. The molecule has 0 amide bonds. The van der Waals surface area contributed by atoms with Crippen molar-refractivity contribution in [3.63, 3.8) is 0 Å². The van der Waals surface area contributed by atoms with Gasteiger partial charge in [-0.1, -0.05) is 44.7 Å². The summed E-state index contributed by atoms with van der Waals surface area (Å²) in [6, 6.07) is 6.31. The van der Waals surface area contributed by atoms with Crippen LogP contribution < -0.4 is 0 Å². The van der Waals surface area contributed by atoms with E-state index in [1.54, 1.807) is 13.8 Å². The van der Waals surface area contributed by atoms with Crippen molar-refractivity contribution in [2.24, 2.45) is 11.3 Å². The first kappa shape index (κ1) is 25.1. The van der Waals surface area contributed by atoms with Crippen LogP contribution in [0.1, 0.15) is 77.1 Å². The van der Waals surface area contributed by atoms with Gasteiger partial charge in [-0.05, 0) is 93.2 Å². The summed E-state index contributed by atoms with van der Waals surface area (Å²) in [4.78, 5) is 3.81. The Morgan fingerprint density at radius 2 is 1.97 bits per heavy atom. The molecule has 1 aliphatic heterocycles. The molecule has 0 bridgehead atoms. The third kappa shape index (κ3) is 3.30. The average molecular weight is 504 g/mol. The van der Waals surface area contributed by atoms with Gasteiger partial charge in [0, 0.05) is 27.4 Å². The van der Waals surface area contributed by atoms with Gasteiger partial charge in [0.2, 0.25) is 0 Å². The van der Waals surface area contributed by atoms with Crippen LogP contribution in [0.25, 0.3) is 17.0 Å². The van der Waals surface area contributed by atoms with Crippen LogP contribution in [0.2, 0.25) is 0 Å². The zero-order chi connectivity index (χ0) is 26.5. The first-order valence-electron chi connectivity index (χ1n) is 13.8. The Morgan fingerprint density at radius 1 is 1.22 bits per heavy atom. The van der Waals surface area contributed by atoms with Crippen molar-refractivity contribution in [1.29, 1.82) is 0 Å². The highest BCUT2D eigenvalue weighted by atomic mass is 16.5. The van der Waals surface area contributed by atoms with Crippen LogP contribution in [0.15, 0.2) is 48.1 Å². The van der Waals surface area contributed by atoms with Crippen molar-refractivity contribution in [1.82, 2.24) is 4.98 Å². The van der Waals surface area contributed by atoms with Gasteiger partial charge in [-0.2, -0.15) is 0 Å². The summed E-state index contributed by atoms with van der Waals surface area (Å²) < 4.78 is 6.34. The number of fused-ring (bicyclic) bond motifs is 9. The number of aliphatic hydroxyl groups is 3. The van der Waals surface area contributed by atoms with Crippen LogP contribution in [0.3, 0.4) is 0 Å². The van der Waals surface area contributed by atoms with Gasteiger partial charge in [-0.15, -0.1) is 0 Å². The minimum Gasteiger partial charge on any atom is -0.386 e. The summed E-state index contributed by atoms with van der Waals surface area (Å²) in [5.41, 5.74) is 3.88. The summed E-state index contributed by atoms with van der Waals surface area (Å²) in [7, 11) is 0. The summed E-state index contributed by atoms with van der Waals surface area (Å²) in [6.45, 7) is 14.1. The van der Waals surface area contributed by atoms with Crippen LogP contribution in [-0.2, 0) is 16.6 Å². The summed E-state index contributed by atoms with van der Waals surface area (Å²) >= 11 is 0. The van der Waals surface area contributed by atoms with Crippen molar-refractivity contribution in [3.8, 4) is 0 Å². The Kier molecular flexibility index (Phi) is 5.38. The van der Waals surface area contributed by atoms with E-state index in [2.05, 4.69) is 43.6 Å². The summed E-state index contributed by atoms with van der Waals surface area (Å²) in [5, 5.41) is 35.0. The highest BCUT2D eigenvalue weighted by Crippen LogP contribution is 2.69. The minimum atomic E-state index is -1.05. The molecule has 2 heterocycles. The summed E-state index contributed by atoms with van der Waals surface area (Å²) in [5.74, 6) is 0.421. The van der Waals surface area contributed by atoms with Crippen LogP contribution in [0, 0.1) is 11.3 Å². The van der Waals surface area contributed by atoms with Gasteiger partial charge in [0.15, 0.2) is 0 Å². The molecule has 1 aromatic heterocycles. The van der Waals surface area contributed by atoms with E-state index in [0.717, 1.165) is 47.9 Å². The van der Waals surface area contributed by atoms with E-state index in [4.69, 9.17) is 4.74 Å². The van der Waals surface area contributed by atoms with E-state index in [1.165, 1.54) is 16.6 Å². The number of nitrogens with one attached hydrogen (secondary N) is 1. The fraction of sp³-hybridized carbons (Fsp3) is 0.562. The van der Waals surface area contributed by atoms with Crippen molar-refractivity contribution in [2.45, 2.75) is 102 Å². The van der Waals surface area contributed by atoms with Crippen LogP contribution >= 0.6 is 0 Å². The number of rotatable bonds is 3. The molecule has 4 N–H and O–H groups in total. The van der Waals surface area contributed by atoms with Gasteiger partial charge in [-0.3, -0.25) is 0 Å². The van der Waals surface area contributed by atoms with Gasteiger partial charge >= 0.3 is 0 Å². The van der Waals surface area contributed by atoms with Crippen molar-refractivity contribution < 1.29 is 20.1 Å². The lowest BCUT2D eigenvalue weighted by Crippen LogP contribution is -2.67. The third-order valence-electron chi connectivity index (χ3n) is 10.5. The Balaban J connectivity index is 1.49. The Labute approximate surface area is 219 Å². The number of aromatic amines is 1. The fourth-order valence-electron chi connectivity index (χ4n) is 8.38. The second-order valence-electron chi connectivity index (χ2n) is 13.1. The number of hydrogen-bond acceptors (Lipinski definition) is 4. The largest absolute Gasteiger partial charge is 0.386 e. The van der Waals surface area contributed by atoms with Crippen molar-refractivity contribution in [2.75, 3.05) is 0 Å². The molecule has 0 spiro atoms. The molecule has 5 nitrogen and oxygen atoms in total. The molecule has 2 saturated carbocycles. The molecular formula is C32H41NO4. The Morgan fingerprint density at radius 3 is 2.68 bits per heavy atom. The molecule has 3 unspecified atom stereocenters. The van der Waals surface area contributed by atoms with Crippen molar-refractivity contribution in [3.05, 3.63) is 64.9 Å². The monoisotopic (exact) mass is 503 g/mol. The number of benzene rings is 1. The lowest BCUT2D eigenvalue weighted by molar-refractivity contribution is -0.185. The minimum absolute atomic E-state index is 0.189. The van der Waals surface area contributed by atoms with Crippen LogP contribution in [0.4, 0.5) is 0 Å². The molecule has 1 aromatic carbocycles. The highest BCUT2D eigenvalue weighted by Gasteiger charge is 2.69. The average Bonchev–Trinajstić information content (AvgIpc) is 3.33. The van der Waals surface area contributed by atoms with Gasteiger partial charge in [-0.25, -0.2) is 0 Å². The molecule has 5 heteroatoms. The number of ether oxygens (including phenoxy) is 1. The smallest absolute Gasteiger partial charge is 0.108 e. The van der Waals surface area contributed by atoms with Gasteiger partial charge in [0.1, 0.15) is 12.2 Å². The highest BCUT2D eigenvalue weighted by molar-refractivity contribution is 5.94. The zero-order valence-corrected chi connectivity index (χ0v) is 22.8. The number of H-pyrrole nitrogens is 1. The maximum Gasteiger partial charge on any atom is 0.108 e. The Hall–Kier alpha value is -2.18. The quantitative estimate of drug-likeness (QED) is 0.426. The standard InChI is InChI=1S/C32H41NO4/c1-18(2)27-24(34)17-22-25(37-27)12-14-30(5)31(6)20(11-15-32(22,30)36)16-21-26-19(10-13-29(3,4)35)8-7-9-23(26)33-28(21)31/h7-10,13,17,20,24-25,27,33-36H,1,11-12,14-16H2,2-6H3/b13-10+/t20?,24-,25?,27?,30-,31-,32-/m1/s1. The number of aliphatic hydroxyl groups excluding tert-OH is 1. The van der Waals surface area contributed by atoms with E-state index >= 15 is 0 Å². The van der Waals surface area contributed by atoms with E-state index in [1.807, 2.05) is 25.2 Å². The molecule has 0 radical (unpaired) electrons. The molecule has 7 atom stereocenters. The lowest BCUT2D eigenvalue weighted by Gasteiger charge is -2.65. The van der Waals surface area contributed by atoms with E-state index in [-0.39, 0.29) is 11.5 Å². The zero-order valence-electron chi connectivity index (χ0n) is 22.8. The first-order chi connectivity index (χ1) is 17.3. The van der Waals surface area contributed by atoms with Gasteiger partial charge in [0.25, 0.3) is 0 Å². The normalized spacial score (nSPS) is 39.2. The van der Waals surface area contributed by atoms with Gasteiger partial charge < -0.3 is 25.0 Å². The lowest BCUT2D eigenvalue weighted by atomic mass is 9.42. The maximum atomic E-state index is 12.6. The fourth-order valence-corrected chi connectivity index (χ4v) is 8.38. The summed E-state index contributed by atoms with van der Waals surface area (Å²) in [6.07, 6.45) is 8.60. The van der Waals surface area contributed by atoms with E-state index in [0.29, 0.717) is 12.3 Å². The molecule has 4 aliphatic rings. The molecule has 3 aliphatic carbocycles. The maximum absolute atomic E-state index is 12.6. The predicted octanol–water partition coefficient (Wildman–Crippen LogP) is 5.34. The molecule has 37 heavy (non-hydrogen) atoms. The molecular weight excluding hydrogens is 462 g/mol. The molecule has 6 rings (SSSR count). The SMILES string of the molecule is C=C(C)C1OC2CC[C@@]3(C)[C@@](O)(CCC4Cc5c([nH]c6cccc(/C=C/C(C)(C)O)c56)[C@@]43C)C2=C[C@H]1O. The molecule has 2 aromatic rings. The topological polar surface area (TPSA) is 85.7 Å². The van der Waals surface area contributed by atoms with Crippen LogP contribution in [-0.4, -0.2) is 49.8 Å². The van der Waals surface area contributed by atoms with E-state index < -0.39 is 28.8 Å². The van der Waals surface area contributed by atoms with Crippen molar-refractivity contribution >= 4 is 17.0 Å². The molecule has 198 valence electrons. The number of aromatic nitrogens is 1. The number of hydrogen-bond donors (Lipinski definition) is 4. The Bertz CT molecular complexity index is 1340. The van der Waals surface area contributed by atoms with Crippen LogP contribution in [0.5, 0.6) is 0 Å². The molecule has 2 fully saturated rings. The first-order valence-corrected chi connectivity index (χ1v) is 13.8. The van der Waals surface area contributed by atoms with E-state index in [9.17, 15) is 15.3 Å². The third-order valence-corrected chi connectivity index (χ3v) is 10.5. The van der Waals surface area contributed by atoms with Gasteiger partial charge in [0.05, 0.1) is 17.3 Å². The second-order valence-corrected chi connectivity index (χ2v) is 13.1. The molecule has 0 saturated heterocycles. The predicted molar refractivity (Wildman–Crippen MR) is 147 cm³/mol.